The van der Waals surface area contributed by atoms with Gasteiger partial charge in [0.2, 0.25) is 0 Å². The summed E-state index contributed by atoms with van der Waals surface area (Å²) in [5.74, 6) is -0.223. The molecule has 0 aliphatic carbocycles. The van der Waals surface area contributed by atoms with Gasteiger partial charge >= 0.3 is 5.97 Å². The van der Waals surface area contributed by atoms with E-state index in [-0.39, 0.29) is 17.6 Å². The van der Waals surface area contributed by atoms with E-state index >= 15 is 0 Å². The standard InChI is InChI=1S/C10H21NO3/c1-8(11-4)9(12)14-7-6-10(2,3)13-5/h8,11H,6-7H2,1-5H3. The molecule has 0 saturated carbocycles. The van der Waals surface area contributed by atoms with E-state index in [0.29, 0.717) is 13.0 Å². The van der Waals surface area contributed by atoms with Gasteiger partial charge in [-0.3, -0.25) is 4.79 Å². The summed E-state index contributed by atoms with van der Waals surface area (Å²) in [6.07, 6.45) is 0.700. The number of ether oxygens (including phenoxy) is 2. The number of rotatable bonds is 6. The molecule has 0 amide bonds. The van der Waals surface area contributed by atoms with Gasteiger partial charge < -0.3 is 14.8 Å². The zero-order valence-electron chi connectivity index (χ0n) is 9.72. The third-order valence-electron chi connectivity index (χ3n) is 2.29. The molecule has 84 valence electrons. The van der Waals surface area contributed by atoms with Gasteiger partial charge in [0.25, 0.3) is 0 Å². The second-order valence-electron chi connectivity index (χ2n) is 3.89. The van der Waals surface area contributed by atoms with Crippen LogP contribution in [-0.2, 0) is 14.3 Å². The van der Waals surface area contributed by atoms with Crippen molar-refractivity contribution in [2.24, 2.45) is 0 Å². The Morgan fingerprint density at radius 2 is 2.07 bits per heavy atom. The van der Waals surface area contributed by atoms with Gasteiger partial charge in [-0.2, -0.15) is 0 Å². The van der Waals surface area contributed by atoms with Gasteiger partial charge in [0.15, 0.2) is 0 Å². The maximum absolute atomic E-state index is 11.2. The van der Waals surface area contributed by atoms with Crippen molar-refractivity contribution in [3.63, 3.8) is 0 Å². The highest BCUT2D eigenvalue weighted by Crippen LogP contribution is 2.12. The molecule has 1 N–H and O–H groups in total. The van der Waals surface area contributed by atoms with E-state index in [1.807, 2.05) is 13.8 Å². The molecule has 0 aliphatic rings. The fourth-order valence-corrected chi connectivity index (χ4v) is 0.742. The van der Waals surface area contributed by atoms with Gasteiger partial charge in [0.05, 0.1) is 12.2 Å². The maximum Gasteiger partial charge on any atom is 0.322 e. The van der Waals surface area contributed by atoms with Gasteiger partial charge in [-0.1, -0.05) is 0 Å². The molecule has 0 aromatic heterocycles. The summed E-state index contributed by atoms with van der Waals surface area (Å²) in [4.78, 5) is 11.2. The number of carbonyl (C=O) groups is 1. The largest absolute Gasteiger partial charge is 0.464 e. The molecule has 0 spiro atoms. The molecule has 1 unspecified atom stereocenters. The first kappa shape index (κ1) is 13.4. The highest BCUT2D eigenvalue weighted by atomic mass is 16.5. The summed E-state index contributed by atoms with van der Waals surface area (Å²) in [6.45, 7) is 6.08. The van der Waals surface area contributed by atoms with Crippen LogP contribution in [0.15, 0.2) is 0 Å². The van der Waals surface area contributed by atoms with Gasteiger partial charge in [0, 0.05) is 13.5 Å². The minimum Gasteiger partial charge on any atom is -0.464 e. The molecular weight excluding hydrogens is 182 g/mol. The first-order chi connectivity index (χ1) is 6.43. The fourth-order valence-electron chi connectivity index (χ4n) is 0.742. The lowest BCUT2D eigenvalue weighted by Crippen LogP contribution is -2.34. The molecule has 0 rings (SSSR count). The molecular formula is C10H21NO3. The smallest absolute Gasteiger partial charge is 0.322 e. The lowest BCUT2D eigenvalue weighted by molar-refractivity contribution is -0.147. The van der Waals surface area contributed by atoms with Crippen molar-refractivity contribution in [1.82, 2.24) is 5.32 Å². The Morgan fingerprint density at radius 3 is 2.50 bits per heavy atom. The summed E-state index contributed by atoms with van der Waals surface area (Å²) in [5, 5.41) is 2.82. The van der Waals surface area contributed by atoms with E-state index in [0.717, 1.165) is 0 Å². The van der Waals surface area contributed by atoms with Crippen molar-refractivity contribution in [1.29, 1.82) is 0 Å². The predicted octanol–water partition coefficient (Wildman–Crippen LogP) is 0.953. The third-order valence-corrected chi connectivity index (χ3v) is 2.29. The van der Waals surface area contributed by atoms with Crippen molar-refractivity contribution in [2.45, 2.75) is 38.8 Å². The van der Waals surface area contributed by atoms with E-state index in [1.54, 1.807) is 21.1 Å². The summed E-state index contributed by atoms with van der Waals surface area (Å²) >= 11 is 0. The maximum atomic E-state index is 11.2. The first-order valence-corrected chi connectivity index (χ1v) is 4.82. The Hall–Kier alpha value is -0.610. The highest BCUT2D eigenvalue weighted by molar-refractivity contribution is 5.75. The van der Waals surface area contributed by atoms with Crippen molar-refractivity contribution in [3.05, 3.63) is 0 Å². The minimum atomic E-state index is -0.249. The first-order valence-electron chi connectivity index (χ1n) is 4.82. The van der Waals surface area contributed by atoms with Crippen LogP contribution in [-0.4, -0.2) is 38.4 Å². The Morgan fingerprint density at radius 1 is 1.50 bits per heavy atom. The van der Waals surface area contributed by atoms with Crippen LogP contribution >= 0.6 is 0 Å². The quantitative estimate of drug-likeness (QED) is 0.653. The van der Waals surface area contributed by atoms with E-state index in [1.165, 1.54) is 0 Å². The highest BCUT2D eigenvalue weighted by Gasteiger charge is 2.18. The summed E-state index contributed by atoms with van der Waals surface area (Å²) in [7, 11) is 3.38. The topological polar surface area (TPSA) is 47.6 Å². The SMILES string of the molecule is CNC(C)C(=O)OCCC(C)(C)OC. The van der Waals surface area contributed by atoms with E-state index in [9.17, 15) is 4.79 Å². The molecule has 0 heterocycles. The van der Waals surface area contributed by atoms with E-state index in [4.69, 9.17) is 9.47 Å². The molecule has 0 saturated heterocycles. The summed E-state index contributed by atoms with van der Waals surface area (Å²) < 4.78 is 10.3. The number of likely N-dealkylation sites (N-methyl/N-ethyl adjacent to an activating group) is 1. The number of carbonyl (C=O) groups excluding carboxylic acids is 1. The van der Waals surface area contributed by atoms with Gasteiger partial charge in [0.1, 0.15) is 6.04 Å². The van der Waals surface area contributed by atoms with Gasteiger partial charge in [-0.25, -0.2) is 0 Å². The van der Waals surface area contributed by atoms with E-state index < -0.39 is 0 Å². The lowest BCUT2D eigenvalue weighted by atomic mass is 10.1. The van der Waals surface area contributed by atoms with Gasteiger partial charge in [-0.05, 0) is 27.8 Å². The zero-order valence-corrected chi connectivity index (χ0v) is 9.72. The molecule has 4 heteroatoms. The Kier molecular flexibility index (Phi) is 5.72. The van der Waals surface area contributed by atoms with Gasteiger partial charge in [-0.15, -0.1) is 0 Å². The molecule has 14 heavy (non-hydrogen) atoms. The molecule has 1 atom stereocenters. The van der Waals surface area contributed by atoms with Crippen molar-refractivity contribution < 1.29 is 14.3 Å². The molecule has 0 fully saturated rings. The van der Waals surface area contributed by atoms with Crippen molar-refractivity contribution in [3.8, 4) is 0 Å². The third kappa shape index (κ3) is 5.19. The normalized spacial score (nSPS) is 13.8. The molecule has 0 bridgehead atoms. The van der Waals surface area contributed by atoms with Crippen LogP contribution in [0.2, 0.25) is 0 Å². The van der Waals surface area contributed by atoms with Crippen LogP contribution in [0.3, 0.4) is 0 Å². The second kappa shape index (κ2) is 5.98. The summed E-state index contributed by atoms with van der Waals surface area (Å²) in [6, 6.07) is -0.249. The zero-order chi connectivity index (χ0) is 11.2. The molecule has 0 radical (unpaired) electrons. The molecule has 0 aromatic rings. The lowest BCUT2D eigenvalue weighted by Gasteiger charge is -2.22. The number of nitrogens with one attached hydrogen (secondary N) is 1. The average molecular weight is 203 g/mol. The van der Waals surface area contributed by atoms with Crippen LogP contribution in [0.5, 0.6) is 0 Å². The summed E-state index contributed by atoms with van der Waals surface area (Å²) in [5.41, 5.74) is -0.233. The van der Waals surface area contributed by atoms with Crippen LogP contribution in [0.1, 0.15) is 27.2 Å². The molecule has 4 nitrogen and oxygen atoms in total. The predicted molar refractivity (Wildman–Crippen MR) is 55.2 cm³/mol. The number of hydrogen-bond donors (Lipinski definition) is 1. The monoisotopic (exact) mass is 203 g/mol. The fraction of sp³-hybridized carbons (Fsp3) is 0.900. The molecule has 0 aromatic carbocycles. The number of methoxy groups -OCH3 is 1. The van der Waals surface area contributed by atoms with Crippen LogP contribution < -0.4 is 5.32 Å². The number of hydrogen-bond acceptors (Lipinski definition) is 4. The Bertz CT molecular complexity index is 180. The second-order valence-corrected chi connectivity index (χ2v) is 3.89. The Labute approximate surface area is 86.0 Å². The Balaban J connectivity index is 3.69. The van der Waals surface area contributed by atoms with Crippen LogP contribution in [0, 0.1) is 0 Å². The van der Waals surface area contributed by atoms with Crippen molar-refractivity contribution >= 4 is 5.97 Å². The molecule has 0 aliphatic heterocycles. The van der Waals surface area contributed by atoms with Crippen LogP contribution in [0.4, 0.5) is 0 Å². The van der Waals surface area contributed by atoms with Crippen LogP contribution in [0.25, 0.3) is 0 Å². The average Bonchev–Trinajstić information content (AvgIpc) is 2.16. The van der Waals surface area contributed by atoms with Crippen molar-refractivity contribution in [2.75, 3.05) is 20.8 Å². The minimum absolute atomic E-state index is 0.223. The van der Waals surface area contributed by atoms with E-state index in [2.05, 4.69) is 5.32 Å². The number of esters is 1.